The van der Waals surface area contributed by atoms with Crippen LogP contribution in [0.25, 0.3) is 0 Å². The first-order valence-electron chi connectivity index (χ1n) is 7.12. The maximum absolute atomic E-state index is 5.73. The molecule has 3 nitrogen and oxygen atoms in total. The zero-order valence-corrected chi connectivity index (χ0v) is 12.4. The van der Waals surface area contributed by atoms with Crippen molar-refractivity contribution in [2.75, 3.05) is 7.11 Å². The molecule has 0 saturated carbocycles. The van der Waals surface area contributed by atoms with E-state index in [1.807, 2.05) is 30.3 Å². The minimum absolute atomic E-state index is 0.278. The SMILES string of the molecule is COc1cccc(C2=NOC(C)(Cc3ccccc3)C2)c1. The van der Waals surface area contributed by atoms with Gasteiger partial charge in [0.05, 0.1) is 12.8 Å². The van der Waals surface area contributed by atoms with Crippen LogP contribution in [-0.4, -0.2) is 18.4 Å². The number of nitrogens with zero attached hydrogens (tertiary/aromatic N) is 1. The van der Waals surface area contributed by atoms with Crippen LogP contribution in [-0.2, 0) is 11.3 Å². The average molecular weight is 281 g/mol. The lowest BCUT2D eigenvalue weighted by atomic mass is 9.90. The molecule has 2 aromatic carbocycles. The molecule has 108 valence electrons. The van der Waals surface area contributed by atoms with Crippen molar-refractivity contribution in [3.05, 3.63) is 65.7 Å². The van der Waals surface area contributed by atoms with E-state index in [0.717, 1.165) is 29.9 Å². The highest BCUT2D eigenvalue weighted by Gasteiger charge is 2.34. The third-order valence-corrected chi connectivity index (χ3v) is 3.74. The molecule has 1 atom stereocenters. The molecule has 0 bridgehead atoms. The highest BCUT2D eigenvalue weighted by Crippen LogP contribution is 2.30. The second-order valence-corrected chi connectivity index (χ2v) is 5.65. The van der Waals surface area contributed by atoms with Crippen LogP contribution in [0.3, 0.4) is 0 Å². The summed E-state index contributed by atoms with van der Waals surface area (Å²) in [6.07, 6.45) is 1.65. The zero-order valence-electron chi connectivity index (χ0n) is 12.4. The van der Waals surface area contributed by atoms with Crippen molar-refractivity contribution in [2.24, 2.45) is 5.16 Å². The molecule has 1 aliphatic rings. The van der Waals surface area contributed by atoms with Gasteiger partial charge in [-0.1, -0.05) is 47.6 Å². The number of methoxy groups -OCH3 is 1. The van der Waals surface area contributed by atoms with Crippen LogP contribution in [0.2, 0.25) is 0 Å². The first-order chi connectivity index (χ1) is 10.2. The lowest BCUT2D eigenvalue weighted by Crippen LogP contribution is -2.27. The van der Waals surface area contributed by atoms with Crippen LogP contribution in [0.4, 0.5) is 0 Å². The van der Waals surface area contributed by atoms with Crippen molar-refractivity contribution in [3.8, 4) is 5.75 Å². The van der Waals surface area contributed by atoms with Crippen molar-refractivity contribution in [1.82, 2.24) is 0 Å². The van der Waals surface area contributed by atoms with Gasteiger partial charge in [0.15, 0.2) is 0 Å². The van der Waals surface area contributed by atoms with Gasteiger partial charge in [-0.25, -0.2) is 0 Å². The molecule has 0 fully saturated rings. The maximum Gasteiger partial charge on any atom is 0.144 e. The quantitative estimate of drug-likeness (QED) is 0.853. The van der Waals surface area contributed by atoms with Gasteiger partial charge in [0, 0.05) is 18.4 Å². The number of hydrogen-bond acceptors (Lipinski definition) is 3. The topological polar surface area (TPSA) is 30.8 Å². The predicted molar refractivity (Wildman–Crippen MR) is 83.8 cm³/mol. The summed E-state index contributed by atoms with van der Waals surface area (Å²) < 4.78 is 5.27. The smallest absolute Gasteiger partial charge is 0.144 e. The molecular weight excluding hydrogens is 262 g/mol. The van der Waals surface area contributed by atoms with Crippen LogP contribution >= 0.6 is 0 Å². The molecule has 3 rings (SSSR count). The lowest BCUT2D eigenvalue weighted by molar-refractivity contribution is -0.00282. The predicted octanol–water partition coefficient (Wildman–Crippen LogP) is 3.82. The van der Waals surface area contributed by atoms with Crippen molar-refractivity contribution in [1.29, 1.82) is 0 Å². The molecule has 0 aliphatic carbocycles. The molecule has 0 spiro atoms. The largest absolute Gasteiger partial charge is 0.497 e. The molecule has 1 heterocycles. The Labute approximate surface area is 125 Å². The van der Waals surface area contributed by atoms with E-state index in [-0.39, 0.29) is 5.60 Å². The van der Waals surface area contributed by atoms with Gasteiger partial charge in [-0.3, -0.25) is 0 Å². The van der Waals surface area contributed by atoms with E-state index in [1.165, 1.54) is 5.56 Å². The van der Waals surface area contributed by atoms with Crippen molar-refractivity contribution in [3.63, 3.8) is 0 Å². The van der Waals surface area contributed by atoms with Gasteiger partial charge in [0.25, 0.3) is 0 Å². The van der Waals surface area contributed by atoms with Crippen molar-refractivity contribution < 1.29 is 9.57 Å². The van der Waals surface area contributed by atoms with Crippen LogP contribution in [0.1, 0.15) is 24.5 Å². The summed E-state index contributed by atoms with van der Waals surface area (Å²) >= 11 is 0. The minimum Gasteiger partial charge on any atom is -0.497 e. The average Bonchev–Trinajstić information content (AvgIpc) is 2.90. The Morgan fingerprint density at radius 3 is 2.71 bits per heavy atom. The summed E-state index contributed by atoms with van der Waals surface area (Å²) in [6.45, 7) is 2.11. The number of oxime groups is 1. The Morgan fingerprint density at radius 1 is 1.14 bits per heavy atom. The third kappa shape index (κ3) is 3.07. The molecular formula is C18H19NO2. The van der Waals surface area contributed by atoms with Gasteiger partial charge in [-0.2, -0.15) is 0 Å². The first-order valence-corrected chi connectivity index (χ1v) is 7.12. The number of hydrogen-bond donors (Lipinski definition) is 0. The summed E-state index contributed by atoms with van der Waals surface area (Å²) in [5, 5.41) is 4.29. The van der Waals surface area contributed by atoms with Crippen molar-refractivity contribution >= 4 is 5.71 Å². The van der Waals surface area contributed by atoms with E-state index >= 15 is 0 Å². The molecule has 0 aromatic heterocycles. The van der Waals surface area contributed by atoms with E-state index in [9.17, 15) is 0 Å². The molecule has 3 heteroatoms. The maximum atomic E-state index is 5.73. The van der Waals surface area contributed by atoms with E-state index in [0.29, 0.717) is 0 Å². The summed E-state index contributed by atoms with van der Waals surface area (Å²) in [5.74, 6) is 0.840. The first kappa shape index (κ1) is 13.7. The van der Waals surface area contributed by atoms with E-state index in [4.69, 9.17) is 9.57 Å². The zero-order chi connectivity index (χ0) is 14.7. The van der Waals surface area contributed by atoms with E-state index < -0.39 is 0 Å². The molecule has 21 heavy (non-hydrogen) atoms. The number of ether oxygens (including phenoxy) is 1. The second kappa shape index (κ2) is 5.60. The molecule has 1 unspecified atom stereocenters. The fourth-order valence-electron chi connectivity index (χ4n) is 2.66. The normalized spacial score (nSPS) is 20.8. The molecule has 0 amide bonds. The Morgan fingerprint density at radius 2 is 1.95 bits per heavy atom. The van der Waals surface area contributed by atoms with Gasteiger partial charge in [0.1, 0.15) is 11.4 Å². The lowest BCUT2D eigenvalue weighted by Gasteiger charge is -2.21. The van der Waals surface area contributed by atoms with E-state index in [2.05, 4.69) is 36.3 Å². The Hall–Kier alpha value is -2.29. The van der Waals surface area contributed by atoms with Crippen molar-refractivity contribution in [2.45, 2.75) is 25.4 Å². The minimum atomic E-state index is -0.278. The van der Waals surface area contributed by atoms with Crippen LogP contribution in [0, 0.1) is 0 Å². The Bertz CT molecular complexity index is 651. The number of rotatable bonds is 4. The van der Waals surface area contributed by atoms with Gasteiger partial charge in [-0.15, -0.1) is 0 Å². The second-order valence-electron chi connectivity index (χ2n) is 5.65. The van der Waals surface area contributed by atoms with Gasteiger partial charge >= 0.3 is 0 Å². The fourth-order valence-corrected chi connectivity index (χ4v) is 2.66. The van der Waals surface area contributed by atoms with Gasteiger partial charge < -0.3 is 9.57 Å². The molecule has 0 N–H and O–H groups in total. The van der Waals surface area contributed by atoms with Gasteiger partial charge in [0.2, 0.25) is 0 Å². The number of benzene rings is 2. The van der Waals surface area contributed by atoms with Gasteiger partial charge in [-0.05, 0) is 24.6 Å². The molecule has 0 saturated heterocycles. The Balaban J connectivity index is 1.74. The standard InChI is InChI=1S/C18H19NO2/c1-18(12-14-7-4-3-5-8-14)13-17(19-21-18)15-9-6-10-16(11-15)20-2/h3-11H,12-13H2,1-2H3. The fraction of sp³-hybridized carbons (Fsp3) is 0.278. The van der Waals surface area contributed by atoms with E-state index in [1.54, 1.807) is 7.11 Å². The third-order valence-electron chi connectivity index (χ3n) is 3.74. The summed E-state index contributed by atoms with van der Waals surface area (Å²) in [5.41, 5.74) is 3.03. The summed E-state index contributed by atoms with van der Waals surface area (Å²) in [6, 6.07) is 18.3. The van der Waals surface area contributed by atoms with Crippen LogP contribution in [0.15, 0.2) is 59.8 Å². The van der Waals surface area contributed by atoms with Crippen LogP contribution < -0.4 is 4.74 Å². The highest BCUT2D eigenvalue weighted by molar-refractivity contribution is 6.01. The summed E-state index contributed by atoms with van der Waals surface area (Å²) in [4.78, 5) is 5.73. The van der Waals surface area contributed by atoms with Crippen LogP contribution in [0.5, 0.6) is 5.75 Å². The molecule has 1 aliphatic heterocycles. The summed E-state index contributed by atoms with van der Waals surface area (Å²) in [7, 11) is 1.67. The Kier molecular flexibility index (Phi) is 3.65. The molecule has 2 aromatic rings. The monoisotopic (exact) mass is 281 g/mol. The highest BCUT2D eigenvalue weighted by atomic mass is 16.7. The molecule has 0 radical (unpaired) electrons.